The number of rotatable bonds is 7. The summed E-state index contributed by atoms with van der Waals surface area (Å²) < 4.78 is 7.48. The summed E-state index contributed by atoms with van der Waals surface area (Å²) in [6, 6.07) is 8.03. The Morgan fingerprint density at radius 2 is 1.92 bits per heavy atom. The lowest BCUT2D eigenvalue weighted by Gasteiger charge is -2.16. The maximum Gasteiger partial charge on any atom is 0.233 e. The average molecular weight is 374 g/mol. The molecule has 5 nitrogen and oxygen atoms in total. The fourth-order valence-electron chi connectivity index (χ4n) is 3.19. The van der Waals surface area contributed by atoms with Crippen molar-refractivity contribution in [1.82, 2.24) is 14.5 Å². The molecule has 0 aliphatic carbocycles. The van der Waals surface area contributed by atoms with Crippen molar-refractivity contribution in [1.29, 1.82) is 0 Å². The lowest BCUT2D eigenvalue weighted by Crippen LogP contribution is -2.29. The molecule has 1 amide bonds. The van der Waals surface area contributed by atoms with Gasteiger partial charge in [-0.15, -0.1) is 0 Å². The van der Waals surface area contributed by atoms with Crippen LogP contribution in [0.3, 0.4) is 0 Å². The van der Waals surface area contributed by atoms with E-state index in [0.29, 0.717) is 11.7 Å². The summed E-state index contributed by atoms with van der Waals surface area (Å²) in [4.78, 5) is 18.9. The van der Waals surface area contributed by atoms with Crippen LogP contribution in [0.2, 0.25) is 0 Å². The number of likely N-dealkylation sites (tertiary alicyclic amines) is 1. The van der Waals surface area contributed by atoms with Gasteiger partial charge in [0.05, 0.1) is 24.8 Å². The van der Waals surface area contributed by atoms with E-state index in [9.17, 15) is 4.79 Å². The zero-order valence-corrected chi connectivity index (χ0v) is 16.6. The first-order chi connectivity index (χ1) is 12.6. The number of amides is 1. The number of aromatic nitrogens is 2. The SMILES string of the molecule is COc1ccc(-c2cnc(SCC(=O)N3CCCC3)n2CC(C)C)cc1. The third kappa shape index (κ3) is 4.41. The normalized spacial score (nSPS) is 14.2. The second-order valence-electron chi connectivity index (χ2n) is 7.04. The first-order valence-electron chi connectivity index (χ1n) is 9.19. The van der Waals surface area contributed by atoms with Gasteiger partial charge in [0.1, 0.15) is 5.75 Å². The monoisotopic (exact) mass is 373 g/mol. The largest absolute Gasteiger partial charge is 0.497 e. The molecule has 1 aliphatic heterocycles. The number of thioether (sulfide) groups is 1. The van der Waals surface area contributed by atoms with E-state index in [-0.39, 0.29) is 5.91 Å². The Hall–Kier alpha value is -1.95. The molecule has 0 N–H and O–H groups in total. The molecule has 1 aromatic carbocycles. The zero-order chi connectivity index (χ0) is 18.5. The number of hydrogen-bond acceptors (Lipinski definition) is 4. The summed E-state index contributed by atoms with van der Waals surface area (Å²) >= 11 is 1.54. The lowest BCUT2D eigenvalue weighted by molar-refractivity contribution is -0.127. The number of imidazole rings is 1. The summed E-state index contributed by atoms with van der Waals surface area (Å²) in [5.41, 5.74) is 2.19. The highest BCUT2D eigenvalue weighted by atomic mass is 32.2. The van der Waals surface area contributed by atoms with Gasteiger partial charge in [-0.1, -0.05) is 25.6 Å². The molecule has 1 fully saturated rings. The first-order valence-corrected chi connectivity index (χ1v) is 10.2. The summed E-state index contributed by atoms with van der Waals surface area (Å²) in [6.07, 6.45) is 4.16. The molecule has 1 saturated heterocycles. The molecule has 0 atom stereocenters. The fourth-order valence-corrected chi connectivity index (χ4v) is 4.08. The van der Waals surface area contributed by atoms with Crippen LogP contribution in [0, 0.1) is 5.92 Å². The number of benzene rings is 1. The van der Waals surface area contributed by atoms with Crippen molar-refractivity contribution in [3.63, 3.8) is 0 Å². The van der Waals surface area contributed by atoms with Gasteiger partial charge >= 0.3 is 0 Å². The smallest absolute Gasteiger partial charge is 0.233 e. The van der Waals surface area contributed by atoms with E-state index in [1.165, 1.54) is 0 Å². The Kier molecular flexibility index (Phi) is 6.25. The lowest BCUT2D eigenvalue weighted by atomic mass is 10.1. The van der Waals surface area contributed by atoms with Crippen molar-refractivity contribution in [3.05, 3.63) is 30.5 Å². The first kappa shape index (κ1) is 18.8. The molecule has 0 bridgehead atoms. The predicted molar refractivity (Wildman–Crippen MR) is 106 cm³/mol. The van der Waals surface area contributed by atoms with Crippen LogP contribution in [-0.4, -0.2) is 46.3 Å². The Morgan fingerprint density at radius 3 is 2.54 bits per heavy atom. The van der Waals surface area contributed by atoms with Crippen LogP contribution in [-0.2, 0) is 11.3 Å². The van der Waals surface area contributed by atoms with Crippen molar-refractivity contribution in [3.8, 4) is 17.0 Å². The average Bonchev–Trinajstić information content (AvgIpc) is 3.30. The molecule has 3 rings (SSSR count). The van der Waals surface area contributed by atoms with Gasteiger partial charge in [-0.25, -0.2) is 4.98 Å². The number of carbonyl (C=O) groups is 1. The molecule has 2 heterocycles. The van der Waals surface area contributed by atoms with Gasteiger partial charge < -0.3 is 14.2 Å². The van der Waals surface area contributed by atoms with Crippen LogP contribution < -0.4 is 4.74 Å². The van der Waals surface area contributed by atoms with Crippen LogP contribution in [0.1, 0.15) is 26.7 Å². The minimum atomic E-state index is 0.220. The quantitative estimate of drug-likeness (QED) is 0.690. The second kappa shape index (κ2) is 8.62. The molecule has 1 aromatic heterocycles. The minimum Gasteiger partial charge on any atom is -0.497 e. The molecule has 6 heteroatoms. The Balaban J connectivity index is 1.78. The maximum atomic E-state index is 12.4. The van der Waals surface area contributed by atoms with Gasteiger partial charge in [0.15, 0.2) is 5.16 Å². The van der Waals surface area contributed by atoms with E-state index in [1.54, 1.807) is 18.9 Å². The third-order valence-corrected chi connectivity index (χ3v) is 5.51. The molecule has 2 aromatic rings. The summed E-state index contributed by atoms with van der Waals surface area (Å²) in [6.45, 7) is 7.07. The topological polar surface area (TPSA) is 47.4 Å². The second-order valence-corrected chi connectivity index (χ2v) is 7.98. The van der Waals surface area contributed by atoms with Crippen LogP contribution in [0.15, 0.2) is 35.6 Å². The van der Waals surface area contributed by atoms with Gasteiger partial charge in [0.25, 0.3) is 0 Å². The Bertz CT molecular complexity index is 734. The van der Waals surface area contributed by atoms with Crippen LogP contribution in [0.25, 0.3) is 11.3 Å². The van der Waals surface area contributed by atoms with Gasteiger partial charge in [-0.2, -0.15) is 0 Å². The van der Waals surface area contributed by atoms with E-state index < -0.39 is 0 Å². The molecule has 0 spiro atoms. The number of hydrogen-bond donors (Lipinski definition) is 0. The van der Waals surface area contributed by atoms with Crippen molar-refractivity contribution < 1.29 is 9.53 Å². The van der Waals surface area contributed by atoms with Crippen molar-refractivity contribution >= 4 is 17.7 Å². The van der Waals surface area contributed by atoms with Crippen LogP contribution >= 0.6 is 11.8 Å². The molecule has 1 aliphatic rings. The molecular weight excluding hydrogens is 346 g/mol. The molecule has 0 radical (unpaired) electrons. The molecule has 0 unspecified atom stereocenters. The van der Waals surface area contributed by atoms with Gasteiger partial charge in [0.2, 0.25) is 5.91 Å². The highest BCUT2D eigenvalue weighted by Gasteiger charge is 2.20. The van der Waals surface area contributed by atoms with Gasteiger partial charge in [-0.05, 0) is 43.0 Å². The molecular formula is C20H27N3O2S. The predicted octanol–water partition coefficient (Wildman–Crippen LogP) is 3.93. The fraction of sp³-hybridized carbons (Fsp3) is 0.500. The van der Waals surface area contributed by atoms with Crippen LogP contribution in [0.5, 0.6) is 5.75 Å². The molecule has 26 heavy (non-hydrogen) atoms. The maximum absolute atomic E-state index is 12.4. The van der Waals surface area contributed by atoms with Gasteiger partial charge in [-0.3, -0.25) is 4.79 Å². The van der Waals surface area contributed by atoms with E-state index >= 15 is 0 Å². The zero-order valence-electron chi connectivity index (χ0n) is 15.8. The van der Waals surface area contributed by atoms with Crippen molar-refractivity contribution in [2.24, 2.45) is 5.92 Å². The third-order valence-electron chi connectivity index (χ3n) is 4.54. The number of carbonyl (C=O) groups excluding carboxylic acids is 1. The highest BCUT2D eigenvalue weighted by Crippen LogP contribution is 2.29. The summed E-state index contributed by atoms with van der Waals surface area (Å²) in [7, 11) is 1.67. The summed E-state index contributed by atoms with van der Waals surface area (Å²) in [5.74, 6) is 2.01. The Labute approximate surface area is 159 Å². The van der Waals surface area contributed by atoms with Gasteiger partial charge in [0, 0.05) is 25.2 Å². The van der Waals surface area contributed by atoms with Crippen molar-refractivity contribution in [2.45, 2.75) is 38.4 Å². The van der Waals surface area contributed by atoms with E-state index in [2.05, 4.69) is 35.5 Å². The standard InChI is InChI=1S/C20H27N3O2S/c1-15(2)13-23-18(16-6-8-17(25-3)9-7-16)12-21-20(23)26-14-19(24)22-10-4-5-11-22/h6-9,12,15H,4-5,10-11,13-14H2,1-3H3. The number of methoxy groups -OCH3 is 1. The van der Waals surface area contributed by atoms with E-state index in [0.717, 1.165) is 54.6 Å². The van der Waals surface area contributed by atoms with E-state index in [4.69, 9.17) is 4.74 Å². The van der Waals surface area contributed by atoms with Crippen LogP contribution in [0.4, 0.5) is 0 Å². The summed E-state index contributed by atoms with van der Waals surface area (Å²) in [5, 5.41) is 0.914. The van der Waals surface area contributed by atoms with E-state index in [1.807, 2.05) is 23.2 Å². The van der Waals surface area contributed by atoms with Crippen molar-refractivity contribution in [2.75, 3.05) is 26.0 Å². The number of ether oxygens (including phenoxy) is 1. The molecule has 0 saturated carbocycles. The molecule has 140 valence electrons. The number of nitrogens with zero attached hydrogens (tertiary/aromatic N) is 3. The minimum absolute atomic E-state index is 0.220. The Morgan fingerprint density at radius 1 is 1.23 bits per heavy atom. The highest BCUT2D eigenvalue weighted by molar-refractivity contribution is 7.99.